The minimum atomic E-state index is -0.463. The van der Waals surface area contributed by atoms with Gasteiger partial charge in [-0.1, -0.05) is 30.3 Å². The minimum Gasteiger partial charge on any atom is -0.460 e. The number of nitrogens with zero attached hydrogens (tertiary/aromatic N) is 2. The van der Waals surface area contributed by atoms with E-state index >= 15 is 0 Å². The summed E-state index contributed by atoms with van der Waals surface area (Å²) in [6.07, 6.45) is 5.45. The summed E-state index contributed by atoms with van der Waals surface area (Å²) >= 11 is 0. The van der Waals surface area contributed by atoms with E-state index in [1.165, 1.54) is 0 Å². The van der Waals surface area contributed by atoms with Crippen molar-refractivity contribution in [3.63, 3.8) is 0 Å². The molecule has 2 heterocycles. The number of aryl methyl sites for hydroxylation is 1. The van der Waals surface area contributed by atoms with Crippen LogP contribution in [0, 0.1) is 5.92 Å². The maximum Gasteiger partial charge on any atom is 0.309 e. The van der Waals surface area contributed by atoms with Crippen molar-refractivity contribution in [2.45, 2.75) is 70.2 Å². The first kappa shape index (κ1) is 22.5. The molecule has 1 aliphatic heterocycles. The van der Waals surface area contributed by atoms with Gasteiger partial charge < -0.3 is 14.8 Å². The molecule has 1 saturated heterocycles. The topological polar surface area (TPSA) is 82.5 Å². The number of nitrogens with one attached hydrogen (secondary N) is 1. The minimum absolute atomic E-state index is 0.0345. The Morgan fingerprint density at radius 1 is 1.25 bits per heavy atom. The molecule has 0 radical (unpaired) electrons. The molecule has 2 aliphatic rings. The van der Waals surface area contributed by atoms with E-state index in [0.29, 0.717) is 31.4 Å². The zero-order valence-corrected chi connectivity index (χ0v) is 19.4. The van der Waals surface area contributed by atoms with Gasteiger partial charge in [0.15, 0.2) is 0 Å². The van der Waals surface area contributed by atoms with Gasteiger partial charge in [0.2, 0.25) is 0 Å². The second kappa shape index (κ2) is 8.70. The highest BCUT2D eigenvalue weighted by Gasteiger charge is 2.53. The number of rotatable bonds is 6. The van der Waals surface area contributed by atoms with Crippen LogP contribution in [0.15, 0.2) is 36.5 Å². The Morgan fingerprint density at radius 3 is 2.66 bits per heavy atom. The first-order chi connectivity index (χ1) is 15.1. The van der Waals surface area contributed by atoms with Gasteiger partial charge in [-0.25, -0.2) is 0 Å². The lowest BCUT2D eigenvalue weighted by Gasteiger charge is -2.44. The van der Waals surface area contributed by atoms with Crippen LogP contribution >= 0.6 is 0 Å². The Bertz CT molecular complexity index is 971. The molecular weight excluding hydrogens is 406 g/mol. The molecule has 1 aromatic heterocycles. The number of carbonyl (C=O) groups excluding carboxylic acids is 2. The summed E-state index contributed by atoms with van der Waals surface area (Å²) in [5.41, 5.74) is 1.92. The van der Waals surface area contributed by atoms with Crippen molar-refractivity contribution in [2.75, 3.05) is 6.54 Å². The van der Waals surface area contributed by atoms with Crippen molar-refractivity contribution in [3.8, 4) is 0 Å². The number of hydrogen-bond donors (Lipinski definition) is 1. The largest absolute Gasteiger partial charge is 0.460 e. The van der Waals surface area contributed by atoms with Gasteiger partial charge in [-0.2, -0.15) is 5.10 Å². The Labute approximate surface area is 189 Å². The summed E-state index contributed by atoms with van der Waals surface area (Å²) in [5, 5.41) is 7.31. The molecule has 32 heavy (non-hydrogen) atoms. The monoisotopic (exact) mass is 439 g/mol. The number of aromatic nitrogens is 2. The van der Waals surface area contributed by atoms with Crippen LogP contribution in [-0.2, 0) is 27.7 Å². The zero-order chi connectivity index (χ0) is 22.9. The van der Waals surface area contributed by atoms with E-state index in [1.54, 1.807) is 10.9 Å². The normalized spacial score (nSPS) is 24.9. The lowest BCUT2D eigenvalue weighted by Crippen LogP contribution is -2.49. The maximum atomic E-state index is 12.9. The number of benzene rings is 1. The van der Waals surface area contributed by atoms with Crippen molar-refractivity contribution >= 4 is 11.9 Å². The SMILES string of the molecule is Cn1ncc(C(=O)NCC2CCC3(CC(C(=O)OC(C)(C)C)C3)O2)c1Cc1ccccc1. The van der Waals surface area contributed by atoms with Gasteiger partial charge >= 0.3 is 5.97 Å². The molecule has 172 valence electrons. The second-order valence-electron chi connectivity index (χ2n) is 10.1. The van der Waals surface area contributed by atoms with E-state index < -0.39 is 5.60 Å². The molecule has 1 amide bonds. The summed E-state index contributed by atoms with van der Waals surface area (Å²) in [6.45, 7) is 6.12. The number of ether oxygens (including phenoxy) is 2. The van der Waals surface area contributed by atoms with Gasteiger partial charge in [0, 0.05) is 20.0 Å². The Hall–Kier alpha value is -2.67. The van der Waals surface area contributed by atoms with E-state index in [2.05, 4.69) is 10.4 Å². The van der Waals surface area contributed by atoms with Crippen LogP contribution in [0.2, 0.25) is 0 Å². The van der Waals surface area contributed by atoms with Gasteiger partial charge in [-0.15, -0.1) is 0 Å². The highest BCUT2D eigenvalue weighted by molar-refractivity contribution is 5.95. The van der Waals surface area contributed by atoms with E-state index in [0.717, 1.165) is 24.1 Å². The van der Waals surface area contributed by atoms with E-state index in [9.17, 15) is 9.59 Å². The van der Waals surface area contributed by atoms with Gasteiger partial charge in [0.05, 0.1) is 35.1 Å². The summed E-state index contributed by atoms with van der Waals surface area (Å²) in [6, 6.07) is 10.1. The van der Waals surface area contributed by atoms with E-state index in [-0.39, 0.29) is 29.5 Å². The van der Waals surface area contributed by atoms with Crippen LogP contribution in [-0.4, -0.2) is 45.5 Å². The molecule has 1 unspecified atom stereocenters. The van der Waals surface area contributed by atoms with Gasteiger partial charge in [-0.3, -0.25) is 14.3 Å². The van der Waals surface area contributed by atoms with Crippen molar-refractivity contribution in [3.05, 3.63) is 53.3 Å². The fourth-order valence-corrected chi connectivity index (χ4v) is 4.68. The number of amides is 1. The second-order valence-corrected chi connectivity index (χ2v) is 10.1. The molecule has 7 nitrogen and oxygen atoms in total. The molecule has 1 atom stereocenters. The molecule has 2 aromatic rings. The predicted molar refractivity (Wildman–Crippen MR) is 120 cm³/mol. The van der Waals surface area contributed by atoms with E-state index in [4.69, 9.17) is 9.47 Å². The molecule has 1 saturated carbocycles. The molecule has 1 N–H and O–H groups in total. The molecule has 4 rings (SSSR count). The molecule has 1 spiro atoms. The average molecular weight is 440 g/mol. The van der Waals surface area contributed by atoms with Gasteiger partial charge in [0.1, 0.15) is 5.60 Å². The smallest absolute Gasteiger partial charge is 0.309 e. The standard InChI is InChI=1S/C25H33N3O4/c1-24(2,3)32-23(30)18-13-25(14-18)11-10-19(31-25)15-26-22(29)20-16-27-28(4)21(20)12-17-8-6-5-7-9-17/h5-9,16,18-19H,10-15H2,1-4H3,(H,26,29). The van der Waals surface area contributed by atoms with Crippen LogP contribution in [0.1, 0.15) is 68.1 Å². The maximum absolute atomic E-state index is 12.9. The third-order valence-electron chi connectivity index (χ3n) is 6.33. The Morgan fingerprint density at radius 2 is 1.97 bits per heavy atom. The first-order valence-electron chi connectivity index (χ1n) is 11.4. The van der Waals surface area contributed by atoms with Crippen molar-refractivity contribution in [2.24, 2.45) is 13.0 Å². The van der Waals surface area contributed by atoms with Gasteiger partial charge in [0.25, 0.3) is 5.91 Å². The van der Waals surface area contributed by atoms with Crippen LogP contribution in [0.4, 0.5) is 0 Å². The van der Waals surface area contributed by atoms with Crippen molar-refractivity contribution in [1.29, 1.82) is 0 Å². The number of hydrogen-bond acceptors (Lipinski definition) is 5. The summed E-state index contributed by atoms with van der Waals surface area (Å²) in [4.78, 5) is 25.1. The molecular formula is C25H33N3O4. The van der Waals surface area contributed by atoms with Crippen LogP contribution in [0.5, 0.6) is 0 Å². The molecule has 7 heteroatoms. The van der Waals surface area contributed by atoms with Crippen LogP contribution < -0.4 is 5.32 Å². The zero-order valence-electron chi connectivity index (χ0n) is 19.4. The van der Waals surface area contributed by atoms with Crippen LogP contribution in [0.3, 0.4) is 0 Å². The number of carbonyl (C=O) groups is 2. The Balaban J connectivity index is 1.28. The van der Waals surface area contributed by atoms with Crippen LogP contribution in [0.25, 0.3) is 0 Å². The first-order valence-corrected chi connectivity index (χ1v) is 11.4. The highest BCUT2D eigenvalue weighted by atomic mass is 16.6. The summed E-state index contributed by atoms with van der Waals surface area (Å²) < 4.78 is 13.5. The number of esters is 1. The molecule has 1 aliphatic carbocycles. The highest BCUT2D eigenvalue weighted by Crippen LogP contribution is 2.49. The summed E-state index contributed by atoms with van der Waals surface area (Å²) in [5.74, 6) is -0.349. The fourth-order valence-electron chi connectivity index (χ4n) is 4.68. The Kier molecular flexibility index (Phi) is 6.12. The fraction of sp³-hybridized carbons (Fsp3) is 0.560. The lowest BCUT2D eigenvalue weighted by molar-refractivity contribution is -0.180. The molecule has 2 fully saturated rings. The van der Waals surface area contributed by atoms with E-state index in [1.807, 2.05) is 58.2 Å². The van der Waals surface area contributed by atoms with Gasteiger partial charge in [-0.05, 0) is 52.0 Å². The third kappa shape index (κ3) is 5.04. The lowest BCUT2D eigenvalue weighted by atomic mass is 9.69. The molecule has 1 aromatic carbocycles. The van der Waals surface area contributed by atoms with Crippen molar-refractivity contribution < 1.29 is 19.1 Å². The summed E-state index contributed by atoms with van der Waals surface area (Å²) in [7, 11) is 1.86. The average Bonchev–Trinajstić information content (AvgIpc) is 3.29. The third-order valence-corrected chi connectivity index (χ3v) is 6.33. The van der Waals surface area contributed by atoms with Crippen molar-refractivity contribution in [1.82, 2.24) is 15.1 Å². The quantitative estimate of drug-likeness (QED) is 0.698. The predicted octanol–water partition coefficient (Wildman–Crippen LogP) is 3.41. The molecule has 0 bridgehead atoms.